The molecule has 1 heterocycles. The molecule has 1 fully saturated rings. The molecule has 0 radical (unpaired) electrons. The molecule has 0 saturated carbocycles. The van der Waals surface area contributed by atoms with E-state index >= 15 is 0 Å². The van der Waals surface area contributed by atoms with E-state index in [-0.39, 0.29) is 6.29 Å². The highest BCUT2D eigenvalue weighted by atomic mass is 16.7. The van der Waals surface area contributed by atoms with Crippen molar-refractivity contribution in [3.8, 4) is 0 Å². The molecule has 1 aromatic carbocycles. The summed E-state index contributed by atoms with van der Waals surface area (Å²) in [4.78, 5) is 26.3. The van der Waals surface area contributed by atoms with E-state index < -0.39 is 11.6 Å². The molecular weight excluding hydrogens is 334 g/mol. The SMILES string of the molecule is COC(OC)C1CCN(c2cccc(C(=O)OC(C)(C)C)c2C=O)CC1. The second-order valence-electron chi connectivity index (χ2n) is 7.52. The molecule has 6 heteroatoms. The van der Waals surface area contributed by atoms with Gasteiger partial charge < -0.3 is 19.1 Å². The predicted molar refractivity (Wildman–Crippen MR) is 99.7 cm³/mol. The van der Waals surface area contributed by atoms with Gasteiger partial charge >= 0.3 is 5.97 Å². The topological polar surface area (TPSA) is 65.1 Å². The zero-order valence-electron chi connectivity index (χ0n) is 16.3. The molecule has 0 bridgehead atoms. The van der Waals surface area contributed by atoms with Crippen molar-refractivity contribution >= 4 is 17.9 Å². The van der Waals surface area contributed by atoms with Crippen LogP contribution in [0.15, 0.2) is 18.2 Å². The summed E-state index contributed by atoms with van der Waals surface area (Å²) in [5.41, 5.74) is 0.852. The van der Waals surface area contributed by atoms with Gasteiger partial charge in [0.05, 0.1) is 11.1 Å². The van der Waals surface area contributed by atoms with Crippen LogP contribution in [0.2, 0.25) is 0 Å². The van der Waals surface area contributed by atoms with E-state index in [4.69, 9.17) is 14.2 Å². The zero-order valence-corrected chi connectivity index (χ0v) is 16.3. The van der Waals surface area contributed by atoms with Crippen LogP contribution in [0.4, 0.5) is 5.69 Å². The number of benzene rings is 1. The van der Waals surface area contributed by atoms with Gasteiger partial charge in [0.25, 0.3) is 0 Å². The van der Waals surface area contributed by atoms with Gasteiger partial charge in [-0.1, -0.05) is 6.07 Å². The number of carbonyl (C=O) groups is 2. The Morgan fingerprint density at radius 1 is 1.19 bits per heavy atom. The summed E-state index contributed by atoms with van der Waals surface area (Å²) in [7, 11) is 3.30. The number of hydrogen-bond acceptors (Lipinski definition) is 6. The first-order chi connectivity index (χ1) is 12.3. The van der Waals surface area contributed by atoms with Gasteiger partial charge in [0.2, 0.25) is 0 Å². The maximum atomic E-state index is 12.5. The molecule has 6 nitrogen and oxygen atoms in total. The van der Waals surface area contributed by atoms with Crippen molar-refractivity contribution in [1.82, 2.24) is 0 Å². The molecule has 0 aliphatic carbocycles. The van der Waals surface area contributed by atoms with Crippen molar-refractivity contribution in [2.24, 2.45) is 5.92 Å². The number of anilines is 1. The molecule has 1 aromatic rings. The van der Waals surface area contributed by atoms with E-state index in [9.17, 15) is 9.59 Å². The number of piperidine rings is 1. The van der Waals surface area contributed by atoms with Crippen molar-refractivity contribution in [3.05, 3.63) is 29.3 Å². The van der Waals surface area contributed by atoms with Gasteiger partial charge in [-0.25, -0.2) is 4.79 Å². The summed E-state index contributed by atoms with van der Waals surface area (Å²) in [6.07, 6.45) is 2.31. The van der Waals surface area contributed by atoms with Crippen LogP contribution >= 0.6 is 0 Å². The molecular formula is C20H29NO5. The van der Waals surface area contributed by atoms with E-state index in [1.54, 1.807) is 26.4 Å². The number of esters is 1. The lowest BCUT2D eigenvalue weighted by Crippen LogP contribution is -2.39. The van der Waals surface area contributed by atoms with Crippen molar-refractivity contribution in [2.75, 3.05) is 32.2 Å². The highest BCUT2D eigenvalue weighted by Crippen LogP contribution is 2.30. The molecule has 0 aromatic heterocycles. The third-order valence-corrected chi connectivity index (χ3v) is 4.55. The summed E-state index contributed by atoms with van der Waals surface area (Å²) >= 11 is 0. The van der Waals surface area contributed by atoms with Crippen LogP contribution in [0.5, 0.6) is 0 Å². The van der Waals surface area contributed by atoms with Crippen LogP contribution in [0.1, 0.15) is 54.3 Å². The third kappa shape index (κ3) is 4.83. The van der Waals surface area contributed by atoms with E-state index in [0.717, 1.165) is 37.9 Å². The largest absolute Gasteiger partial charge is 0.456 e. The van der Waals surface area contributed by atoms with Gasteiger partial charge in [0, 0.05) is 38.9 Å². The molecule has 1 aliphatic heterocycles. The van der Waals surface area contributed by atoms with E-state index in [1.165, 1.54) is 0 Å². The molecule has 0 unspecified atom stereocenters. The van der Waals surface area contributed by atoms with E-state index in [0.29, 0.717) is 17.0 Å². The smallest absolute Gasteiger partial charge is 0.339 e. The Balaban J connectivity index is 2.19. The second kappa shape index (κ2) is 8.64. The van der Waals surface area contributed by atoms with Gasteiger partial charge in [-0.2, -0.15) is 0 Å². The first-order valence-electron chi connectivity index (χ1n) is 8.92. The molecule has 2 rings (SSSR count). The number of rotatable bonds is 6. The van der Waals surface area contributed by atoms with Crippen LogP contribution in [-0.4, -0.2) is 51.5 Å². The molecule has 1 saturated heterocycles. The Morgan fingerprint density at radius 3 is 2.31 bits per heavy atom. The second-order valence-corrected chi connectivity index (χ2v) is 7.52. The highest BCUT2D eigenvalue weighted by Gasteiger charge is 2.29. The molecule has 0 spiro atoms. The molecule has 144 valence electrons. The Kier molecular flexibility index (Phi) is 6.78. The van der Waals surface area contributed by atoms with Crippen LogP contribution in [-0.2, 0) is 14.2 Å². The van der Waals surface area contributed by atoms with Gasteiger partial charge in [-0.15, -0.1) is 0 Å². The van der Waals surface area contributed by atoms with Crippen molar-refractivity contribution < 1.29 is 23.8 Å². The number of methoxy groups -OCH3 is 2. The Hall–Kier alpha value is -1.92. The lowest BCUT2D eigenvalue weighted by Gasteiger charge is -2.36. The van der Waals surface area contributed by atoms with Gasteiger partial charge in [-0.05, 0) is 45.7 Å². The lowest BCUT2D eigenvalue weighted by molar-refractivity contribution is -0.141. The highest BCUT2D eigenvalue weighted by molar-refractivity contribution is 6.02. The fourth-order valence-electron chi connectivity index (χ4n) is 3.36. The summed E-state index contributed by atoms with van der Waals surface area (Å²) in [6.45, 7) is 6.96. The average molecular weight is 363 g/mol. The Morgan fingerprint density at radius 2 is 1.81 bits per heavy atom. The minimum absolute atomic E-state index is 0.212. The van der Waals surface area contributed by atoms with E-state index in [1.807, 2.05) is 26.8 Å². The van der Waals surface area contributed by atoms with Gasteiger partial charge in [-0.3, -0.25) is 4.79 Å². The fourth-order valence-corrected chi connectivity index (χ4v) is 3.36. The summed E-state index contributed by atoms with van der Waals surface area (Å²) in [6, 6.07) is 5.31. The molecule has 1 aliphatic rings. The predicted octanol–water partition coefficient (Wildman–Crippen LogP) is 3.29. The maximum Gasteiger partial charge on any atom is 0.339 e. The number of ether oxygens (including phenoxy) is 3. The van der Waals surface area contributed by atoms with Crippen molar-refractivity contribution in [3.63, 3.8) is 0 Å². The monoisotopic (exact) mass is 363 g/mol. The molecule has 26 heavy (non-hydrogen) atoms. The lowest BCUT2D eigenvalue weighted by atomic mass is 9.94. The Labute approximate surface area is 155 Å². The summed E-state index contributed by atoms with van der Waals surface area (Å²) in [5.74, 6) is -0.162. The van der Waals surface area contributed by atoms with Crippen LogP contribution < -0.4 is 4.90 Å². The number of aldehydes is 1. The number of carbonyl (C=O) groups excluding carboxylic acids is 2. The minimum atomic E-state index is -0.610. The molecule has 0 N–H and O–H groups in total. The maximum absolute atomic E-state index is 12.5. The fraction of sp³-hybridized carbons (Fsp3) is 0.600. The standard InChI is InChI=1S/C20H29NO5/c1-20(2,3)26-18(23)15-7-6-8-17(16(15)13-22)21-11-9-14(10-12-21)19(24-4)25-5/h6-8,13-14,19H,9-12H2,1-5H3. The average Bonchev–Trinajstić information content (AvgIpc) is 2.61. The van der Waals surface area contributed by atoms with Crippen LogP contribution in [0, 0.1) is 5.92 Å². The first kappa shape index (κ1) is 20.4. The van der Waals surface area contributed by atoms with Crippen molar-refractivity contribution in [2.45, 2.75) is 45.5 Å². The Bertz CT molecular complexity index is 626. The third-order valence-electron chi connectivity index (χ3n) is 4.55. The normalized spacial score (nSPS) is 16.0. The first-order valence-corrected chi connectivity index (χ1v) is 8.92. The molecule has 0 amide bonds. The van der Waals surface area contributed by atoms with E-state index in [2.05, 4.69) is 4.90 Å². The van der Waals surface area contributed by atoms with Gasteiger partial charge in [0.15, 0.2) is 12.6 Å². The quantitative estimate of drug-likeness (QED) is 0.439. The number of hydrogen-bond donors (Lipinski definition) is 0. The van der Waals surface area contributed by atoms with Gasteiger partial charge in [0.1, 0.15) is 5.60 Å². The van der Waals surface area contributed by atoms with Crippen molar-refractivity contribution in [1.29, 1.82) is 0 Å². The zero-order chi connectivity index (χ0) is 19.3. The minimum Gasteiger partial charge on any atom is -0.456 e. The molecule has 0 atom stereocenters. The van der Waals surface area contributed by atoms with Crippen LogP contribution in [0.25, 0.3) is 0 Å². The summed E-state index contributed by atoms with van der Waals surface area (Å²) in [5, 5.41) is 0. The number of nitrogens with zero attached hydrogens (tertiary/aromatic N) is 1. The van der Waals surface area contributed by atoms with Crippen LogP contribution in [0.3, 0.4) is 0 Å². The summed E-state index contributed by atoms with van der Waals surface area (Å²) < 4.78 is 16.2.